The molecule has 0 aromatic heterocycles. The Balaban J connectivity index is 1.73. The molecule has 0 bridgehead atoms. The van der Waals surface area contributed by atoms with Crippen LogP contribution in [0.25, 0.3) is 0 Å². The summed E-state index contributed by atoms with van der Waals surface area (Å²) in [7, 11) is 0. The molecule has 1 aliphatic rings. The van der Waals surface area contributed by atoms with E-state index in [-0.39, 0.29) is 0 Å². The van der Waals surface area contributed by atoms with E-state index in [1.807, 2.05) is 11.8 Å². The first-order chi connectivity index (χ1) is 8.15. The lowest BCUT2D eigenvalue weighted by atomic mass is 10.1. The van der Waals surface area contributed by atoms with Gasteiger partial charge in [-0.3, -0.25) is 0 Å². The van der Waals surface area contributed by atoms with E-state index in [0.29, 0.717) is 0 Å². The van der Waals surface area contributed by atoms with Crippen LogP contribution in [0.5, 0.6) is 0 Å². The van der Waals surface area contributed by atoms with Crippen molar-refractivity contribution in [2.24, 2.45) is 5.92 Å². The summed E-state index contributed by atoms with van der Waals surface area (Å²) in [5.41, 5.74) is 2.79. The molecule has 1 fully saturated rings. The number of nitrogens with one attached hydrogen (secondary N) is 1. The average Bonchev–Trinajstić information content (AvgIpc) is 3.12. The van der Waals surface area contributed by atoms with Crippen molar-refractivity contribution in [3.8, 4) is 0 Å². The molecule has 1 atom stereocenters. The lowest BCUT2D eigenvalue weighted by molar-refractivity contribution is 0.557. The average molecular weight is 249 g/mol. The van der Waals surface area contributed by atoms with E-state index in [2.05, 4.69) is 44.3 Å². The fourth-order valence-electron chi connectivity index (χ4n) is 1.76. The minimum Gasteiger partial charge on any atom is -0.314 e. The minimum atomic E-state index is 0.752. The first-order valence-electron chi connectivity index (χ1n) is 6.58. The molecule has 0 saturated heterocycles. The Hall–Kier alpha value is -0.470. The van der Waals surface area contributed by atoms with Gasteiger partial charge in [0.1, 0.15) is 0 Å². The molecule has 0 amide bonds. The van der Waals surface area contributed by atoms with E-state index in [1.165, 1.54) is 41.2 Å². The molecule has 1 nitrogen and oxygen atoms in total. The molecule has 0 aliphatic heterocycles. The smallest absolute Gasteiger partial charge is 0.00748 e. The zero-order valence-electron chi connectivity index (χ0n) is 11.1. The number of rotatable bonds is 6. The standard InChI is InChI=1S/C15H23NS/c1-11(9-16-14-5-6-14)10-17-15-7-4-12(2)13(3)8-15/h4,7-8,11,14,16H,5-6,9-10H2,1-3H3. The fourth-order valence-corrected chi connectivity index (χ4v) is 2.78. The molecular formula is C15H23NS. The summed E-state index contributed by atoms with van der Waals surface area (Å²) in [5.74, 6) is 1.96. The van der Waals surface area contributed by atoms with Gasteiger partial charge in [0.15, 0.2) is 0 Å². The molecule has 1 saturated carbocycles. The van der Waals surface area contributed by atoms with Crippen molar-refractivity contribution < 1.29 is 0 Å². The summed E-state index contributed by atoms with van der Waals surface area (Å²) >= 11 is 1.98. The van der Waals surface area contributed by atoms with Crippen LogP contribution in [0.3, 0.4) is 0 Å². The third-order valence-electron chi connectivity index (χ3n) is 3.35. The first kappa shape index (κ1) is 13.0. The molecule has 2 rings (SSSR count). The molecule has 0 radical (unpaired) electrons. The molecule has 1 aliphatic carbocycles. The molecule has 0 heterocycles. The van der Waals surface area contributed by atoms with Gasteiger partial charge in [-0.15, -0.1) is 11.8 Å². The highest BCUT2D eigenvalue weighted by atomic mass is 32.2. The number of aryl methyl sites for hydroxylation is 2. The quantitative estimate of drug-likeness (QED) is 0.770. The zero-order valence-corrected chi connectivity index (χ0v) is 11.9. The minimum absolute atomic E-state index is 0.752. The highest BCUT2D eigenvalue weighted by Crippen LogP contribution is 2.24. The van der Waals surface area contributed by atoms with E-state index < -0.39 is 0 Å². The predicted molar refractivity (Wildman–Crippen MR) is 76.8 cm³/mol. The van der Waals surface area contributed by atoms with E-state index >= 15 is 0 Å². The van der Waals surface area contributed by atoms with Crippen LogP contribution in [0.2, 0.25) is 0 Å². The Kier molecular flexibility index (Phi) is 4.52. The third-order valence-corrected chi connectivity index (χ3v) is 4.67. The van der Waals surface area contributed by atoms with Gasteiger partial charge < -0.3 is 5.32 Å². The highest BCUT2D eigenvalue weighted by molar-refractivity contribution is 7.99. The van der Waals surface area contributed by atoms with E-state index in [1.54, 1.807) is 0 Å². The number of hydrogen-bond acceptors (Lipinski definition) is 2. The summed E-state index contributed by atoms with van der Waals surface area (Å²) in [5, 5.41) is 3.60. The van der Waals surface area contributed by atoms with Gasteiger partial charge in [0.2, 0.25) is 0 Å². The van der Waals surface area contributed by atoms with E-state index in [4.69, 9.17) is 0 Å². The second-order valence-corrected chi connectivity index (χ2v) is 6.44. The Morgan fingerprint density at radius 1 is 1.29 bits per heavy atom. The van der Waals surface area contributed by atoms with Crippen molar-refractivity contribution in [1.29, 1.82) is 0 Å². The number of thioether (sulfide) groups is 1. The Morgan fingerprint density at radius 2 is 2.06 bits per heavy atom. The predicted octanol–water partition coefficient (Wildman–Crippen LogP) is 3.78. The van der Waals surface area contributed by atoms with Gasteiger partial charge in [-0.1, -0.05) is 13.0 Å². The third kappa shape index (κ3) is 4.36. The normalized spacial score (nSPS) is 17.1. The van der Waals surface area contributed by atoms with Crippen LogP contribution >= 0.6 is 11.8 Å². The van der Waals surface area contributed by atoms with Crippen LogP contribution in [-0.2, 0) is 0 Å². The van der Waals surface area contributed by atoms with Gasteiger partial charge in [0.05, 0.1) is 0 Å². The van der Waals surface area contributed by atoms with Crippen LogP contribution in [0.1, 0.15) is 30.9 Å². The van der Waals surface area contributed by atoms with E-state index in [0.717, 1.165) is 12.0 Å². The van der Waals surface area contributed by atoms with Gasteiger partial charge in [0, 0.05) is 16.7 Å². The molecule has 1 N–H and O–H groups in total. The molecule has 1 aromatic rings. The van der Waals surface area contributed by atoms with Crippen molar-refractivity contribution in [2.45, 2.75) is 44.6 Å². The van der Waals surface area contributed by atoms with Gasteiger partial charge in [0.25, 0.3) is 0 Å². The summed E-state index contributed by atoms with van der Waals surface area (Å²) in [6.45, 7) is 7.87. The molecule has 1 unspecified atom stereocenters. The lowest BCUT2D eigenvalue weighted by Crippen LogP contribution is -2.24. The largest absolute Gasteiger partial charge is 0.314 e. The summed E-state index contributed by atoms with van der Waals surface area (Å²) < 4.78 is 0. The van der Waals surface area contributed by atoms with Gasteiger partial charge in [-0.2, -0.15) is 0 Å². The Labute approximate surface area is 109 Å². The molecule has 17 heavy (non-hydrogen) atoms. The number of benzene rings is 1. The SMILES string of the molecule is Cc1ccc(SCC(C)CNC2CC2)cc1C. The number of hydrogen-bond donors (Lipinski definition) is 1. The second kappa shape index (κ2) is 5.92. The molecule has 0 spiro atoms. The van der Waals surface area contributed by atoms with Crippen molar-refractivity contribution >= 4 is 11.8 Å². The molecular weight excluding hydrogens is 226 g/mol. The van der Waals surface area contributed by atoms with Crippen LogP contribution in [0, 0.1) is 19.8 Å². The monoisotopic (exact) mass is 249 g/mol. The van der Waals surface area contributed by atoms with Crippen LogP contribution in [0.4, 0.5) is 0 Å². The van der Waals surface area contributed by atoms with Gasteiger partial charge in [-0.25, -0.2) is 0 Å². The first-order valence-corrected chi connectivity index (χ1v) is 7.57. The van der Waals surface area contributed by atoms with Crippen molar-refractivity contribution in [3.63, 3.8) is 0 Å². The van der Waals surface area contributed by atoms with Crippen molar-refractivity contribution in [2.75, 3.05) is 12.3 Å². The maximum atomic E-state index is 3.60. The topological polar surface area (TPSA) is 12.0 Å². The van der Waals surface area contributed by atoms with Gasteiger partial charge >= 0.3 is 0 Å². The summed E-state index contributed by atoms with van der Waals surface area (Å²) in [6.07, 6.45) is 2.77. The second-order valence-electron chi connectivity index (χ2n) is 5.34. The maximum absolute atomic E-state index is 3.60. The molecule has 1 aromatic carbocycles. The molecule has 94 valence electrons. The highest BCUT2D eigenvalue weighted by Gasteiger charge is 2.20. The van der Waals surface area contributed by atoms with Crippen molar-refractivity contribution in [3.05, 3.63) is 29.3 Å². The molecule has 2 heteroatoms. The zero-order chi connectivity index (χ0) is 12.3. The van der Waals surface area contributed by atoms with E-state index in [9.17, 15) is 0 Å². The summed E-state index contributed by atoms with van der Waals surface area (Å²) in [4.78, 5) is 1.41. The van der Waals surface area contributed by atoms with Crippen LogP contribution in [0.15, 0.2) is 23.1 Å². The fraction of sp³-hybridized carbons (Fsp3) is 0.600. The summed E-state index contributed by atoms with van der Waals surface area (Å²) in [6, 6.07) is 7.61. The lowest BCUT2D eigenvalue weighted by Gasteiger charge is -2.12. The van der Waals surface area contributed by atoms with Crippen LogP contribution in [-0.4, -0.2) is 18.3 Å². The Morgan fingerprint density at radius 3 is 2.71 bits per heavy atom. The maximum Gasteiger partial charge on any atom is 0.00748 e. The van der Waals surface area contributed by atoms with Crippen LogP contribution < -0.4 is 5.32 Å². The van der Waals surface area contributed by atoms with Crippen molar-refractivity contribution in [1.82, 2.24) is 5.32 Å². The Bertz CT molecular complexity index is 371. The van der Waals surface area contributed by atoms with Gasteiger partial charge in [-0.05, 0) is 62.4 Å².